The summed E-state index contributed by atoms with van der Waals surface area (Å²) in [6.45, 7) is 1.58. The van der Waals surface area contributed by atoms with Crippen molar-refractivity contribution in [3.8, 4) is 22.6 Å². The van der Waals surface area contributed by atoms with E-state index in [4.69, 9.17) is 4.52 Å². The molecule has 0 aliphatic carbocycles. The van der Waals surface area contributed by atoms with E-state index in [9.17, 15) is 35.1 Å². The van der Waals surface area contributed by atoms with Gasteiger partial charge in [0.1, 0.15) is 28.9 Å². The highest BCUT2D eigenvalue weighted by atomic mass is 19.4. The molecule has 0 amide bonds. The fraction of sp³-hybridized carbons (Fsp3) is 0.167. The van der Waals surface area contributed by atoms with Crippen molar-refractivity contribution in [1.29, 1.82) is 0 Å². The number of aromatic amines is 2. The van der Waals surface area contributed by atoms with E-state index in [2.05, 4.69) is 25.3 Å². The van der Waals surface area contributed by atoms with Gasteiger partial charge in [-0.3, -0.25) is 0 Å². The van der Waals surface area contributed by atoms with Crippen LogP contribution < -0.4 is 4.98 Å². The van der Waals surface area contributed by atoms with Crippen LogP contribution in [0.3, 0.4) is 0 Å². The van der Waals surface area contributed by atoms with Gasteiger partial charge in [0.2, 0.25) is 0 Å². The Balaban J connectivity index is 1.54. The van der Waals surface area contributed by atoms with Crippen LogP contribution in [-0.4, -0.2) is 20.3 Å². The molecule has 6 nitrogen and oxygen atoms in total. The lowest BCUT2D eigenvalue weighted by Gasteiger charge is -2.14. The van der Waals surface area contributed by atoms with Crippen molar-refractivity contribution in [2.75, 3.05) is 0 Å². The van der Waals surface area contributed by atoms with Crippen LogP contribution in [0.4, 0.5) is 35.1 Å². The number of benzene rings is 2. The van der Waals surface area contributed by atoms with E-state index in [1.165, 1.54) is 18.3 Å². The Kier molecular flexibility index (Phi) is 5.92. The molecule has 1 atom stereocenters. The summed E-state index contributed by atoms with van der Waals surface area (Å²) in [5.41, 5.74) is -3.10. The van der Waals surface area contributed by atoms with Gasteiger partial charge in [-0.1, -0.05) is 17.3 Å². The summed E-state index contributed by atoms with van der Waals surface area (Å²) in [5.74, 6) is -2.78. The molecule has 2 aromatic carbocycles. The number of halogens is 8. The predicted molar refractivity (Wildman–Crippen MR) is 115 cm³/mol. The first-order chi connectivity index (χ1) is 17.8. The molecule has 0 aliphatic heterocycles. The highest BCUT2D eigenvalue weighted by Crippen LogP contribution is 2.41. The Morgan fingerprint density at radius 3 is 2.42 bits per heavy atom. The van der Waals surface area contributed by atoms with Gasteiger partial charge in [0.05, 0.1) is 17.0 Å². The molecule has 0 saturated carbocycles. The van der Waals surface area contributed by atoms with Crippen LogP contribution in [0.2, 0.25) is 0 Å². The number of nitrogens with one attached hydrogen (secondary N) is 2. The Morgan fingerprint density at radius 1 is 0.947 bits per heavy atom. The number of rotatable bonds is 4. The number of nitrogens with zero attached hydrogens (tertiary/aromatic N) is 3. The van der Waals surface area contributed by atoms with Crippen LogP contribution in [0.5, 0.6) is 0 Å². The molecule has 3 heterocycles. The van der Waals surface area contributed by atoms with Crippen LogP contribution in [0.15, 0.2) is 53.2 Å². The summed E-state index contributed by atoms with van der Waals surface area (Å²) in [6.07, 6.45) is -8.74. The summed E-state index contributed by atoms with van der Waals surface area (Å²) in [4.78, 5) is 5.78. The second-order valence-electron chi connectivity index (χ2n) is 8.34. The van der Waals surface area contributed by atoms with Crippen LogP contribution in [0.1, 0.15) is 35.4 Å². The molecule has 2 N–H and O–H groups in total. The average Bonchev–Trinajstić information content (AvgIpc) is 3.51. The monoisotopic (exact) mass is 540 g/mol. The van der Waals surface area contributed by atoms with Gasteiger partial charge in [-0.2, -0.15) is 36.5 Å². The molecule has 5 rings (SSSR count). The quantitative estimate of drug-likeness (QED) is 0.262. The molecule has 0 fully saturated rings. The Labute approximate surface area is 207 Å². The molecule has 3 aromatic heterocycles. The molecule has 0 saturated heterocycles. The summed E-state index contributed by atoms with van der Waals surface area (Å²) in [5, 5.41) is 11.5. The first-order valence-corrected chi connectivity index (χ1v) is 10.8. The van der Waals surface area contributed by atoms with Crippen molar-refractivity contribution in [2.45, 2.75) is 25.2 Å². The lowest BCUT2D eigenvalue weighted by molar-refractivity contribution is -0.331. The maximum absolute atomic E-state index is 14.3. The lowest BCUT2D eigenvalue weighted by atomic mass is 9.98. The van der Waals surface area contributed by atoms with Gasteiger partial charge in [0.15, 0.2) is 22.7 Å². The molecule has 1 unspecified atom stereocenters. The molecule has 38 heavy (non-hydrogen) atoms. The zero-order chi connectivity index (χ0) is 27.4. The zero-order valence-electron chi connectivity index (χ0n) is 19.0. The standard InChI is InChI=1S/C24H13F8N5O/c1-10(20-21-17(9-33-36-20)34-22(35-21)13-3-2-4-15(25)19(13)26)18-8-16(37-38-18)12-6-5-11(23(27,28)29)7-14(12)24(30,31)32/h2-10H,1H3,(H,34,35)/p+1. The van der Waals surface area contributed by atoms with Gasteiger partial charge in [-0.05, 0) is 31.2 Å². The van der Waals surface area contributed by atoms with E-state index in [0.717, 1.165) is 12.1 Å². The zero-order valence-corrected chi connectivity index (χ0v) is 19.0. The Morgan fingerprint density at radius 2 is 1.71 bits per heavy atom. The van der Waals surface area contributed by atoms with Crippen LogP contribution in [-0.2, 0) is 12.4 Å². The molecule has 0 radical (unpaired) electrons. The number of H-pyrrole nitrogens is 2. The molecular weight excluding hydrogens is 526 g/mol. The van der Waals surface area contributed by atoms with Crippen LogP contribution in [0, 0.1) is 11.6 Å². The second-order valence-corrected chi connectivity index (χ2v) is 8.34. The fourth-order valence-electron chi connectivity index (χ4n) is 3.99. The molecular formula is C24H14F8N5O+. The molecule has 5 aromatic rings. The van der Waals surface area contributed by atoms with E-state index >= 15 is 0 Å². The normalized spacial score (nSPS) is 13.3. The van der Waals surface area contributed by atoms with Crippen molar-refractivity contribution in [3.63, 3.8) is 0 Å². The van der Waals surface area contributed by atoms with E-state index in [-0.39, 0.29) is 34.6 Å². The van der Waals surface area contributed by atoms with E-state index in [0.29, 0.717) is 23.2 Å². The third kappa shape index (κ3) is 4.46. The molecule has 0 spiro atoms. The van der Waals surface area contributed by atoms with Gasteiger partial charge in [-0.25, -0.2) is 18.7 Å². The maximum Gasteiger partial charge on any atom is 0.417 e. The summed E-state index contributed by atoms with van der Waals surface area (Å²) >= 11 is 0. The average molecular weight is 540 g/mol. The minimum absolute atomic E-state index is 0.0150. The maximum atomic E-state index is 14.3. The van der Waals surface area contributed by atoms with E-state index < -0.39 is 46.6 Å². The molecule has 196 valence electrons. The van der Waals surface area contributed by atoms with Gasteiger partial charge in [-0.15, -0.1) is 0 Å². The number of imidazole rings is 1. The summed E-state index contributed by atoms with van der Waals surface area (Å²) in [6, 6.07) is 5.99. The van der Waals surface area contributed by atoms with Gasteiger partial charge < -0.3 is 4.52 Å². The number of aromatic nitrogens is 5. The smallest absolute Gasteiger partial charge is 0.360 e. The van der Waals surface area contributed by atoms with Crippen molar-refractivity contribution < 1.29 is 44.6 Å². The number of hydrogen-bond acceptors (Lipinski definition) is 4. The third-order valence-electron chi connectivity index (χ3n) is 5.90. The lowest BCUT2D eigenvalue weighted by Crippen LogP contribution is -2.12. The SMILES string of the molecule is CC(c1cc(-c2ccc(C(F)(F)F)cc2C(F)(F)F)no1)c1nncc2[nH]c(-c3cccc(F)c3F)[nH+]c12. The third-order valence-corrected chi connectivity index (χ3v) is 5.90. The van der Waals surface area contributed by atoms with E-state index in [1.807, 2.05) is 0 Å². The highest BCUT2D eigenvalue weighted by Gasteiger charge is 2.39. The largest absolute Gasteiger partial charge is 0.417 e. The molecule has 0 aliphatic rings. The molecule has 0 bridgehead atoms. The number of fused-ring (bicyclic) bond motifs is 1. The Bertz CT molecular complexity index is 1650. The molecule has 14 heteroatoms. The van der Waals surface area contributed by atoms with Gasteiger partial charge >= 0.3 is 12.4 Å². The van der Waals surface area contributed by atoms with Gasteiger partial charge in [0, 0.05) is 11.6 Å². The van der Waals surface area contributed by atoms with Crippen molar-refractivity contribution in [2.24, 2.45) is 0 Å². The van der Waals surface area contributed by atoms with Crippen LogP contribution >= 0.6 is 0 Å². The second kappa shape index (κ2) is 8.89. The predicted octanol–water partition coefficient (Wildman–Crippen LogP) is 6.56. The van der Waals surface area contributed by atoms with Crippen LogP contribution in [0.25, 0.3) is 33.7 Å². The summed E-state index contributed by atoms with van der Waals surface area (Å²) < 4.78 is 113. The van der Waals surface area contributed by atoms with Crippen molar-refractivity contribution in [3.05, 3.63) is 82.9 Å². The van der Waals surface area contributed by atoms with Crippen molar-refractivity contribution >= 4 is 11.0 Å². The Hall–Kier alpha value is -4.36. The van der Waals surface area contributed by atoms with Crippen molar-refractivity contribution in [1.82, 2.24) is 20.3 Å². The van der Waals surface area contributed by atoms with Gasteiger partial charge in [0.25, 0.3) is 5.82 Å². The minimum Gasteiger partial charge on any atom is -0.360 e. The number of hydrogen-bond donors (Lipinski definition) is 1. The fourth-order valence-corrected chi connectivity index (χ4v) is 3.99. The number of alkyl halides is 6. The minimum atomic E-state index is -5.10. The topological polar surface area (TPSA) is 81.7 Å². The highest BCUT2D eigenvalue weighted by molar-refractivity contribution is 5.76. The van der Waals surface area contributed by atoms with E-state index in [1.54, 1.807) is 6.92 Å². The summed E-state index contributed by atoms with van der Waals surface area (Å²) in [7, 11) is 0. The first-order valence-electron chi connectivity index (χ1n) is 10.8. The first kappa shape index (κ1) is 25.3.